The van der Waals surface area contributed by atoms with Crippen LogP contribution in [0.1, 0.15) is 26.7 Å². The van der Waals surface area contributed by atoms with Gasteiger partial charge in [-0.25, -0.2) is 4.79 Å². The van der Waals surface area contributed by atoms with E-state index in [2.05, 4.69) is 4.74 Å². The van der Waals surface area contributed by atoms with Crippen molar-refractivity contribution in [2.45, 2.75) is 38.7 Å². The van der Waals surface area contributed by atoms with Gasteiger partial charge in [-0.1, -0.05) is 13.3 Å². The van der Waals surface area contributed by atoms with Gasteiger partial charge in [-0.3, -0.25) is 0 Å². The molecule has 0 fully saturated rings. The number of halogens is 2. The quantitative estimate of drug-likeness (QED) is 0.675. The number of carbonyl (C=O) groups excluding carboxylic acids is 1. The van der Waals surface area contributed by atoms with Crippen molar-refractivity contribution < 1.29 is 23.4 Å². The van der Waals surface area contributed by atoms with Crippen LogP contribution in [0, 0.1) is 0 Å². The zero-order chi connectivity index (χ0) is 10.5. The number of aliphatic hydroxyl groups excluding tert-OH is 1. The molecule has 0 saturated carbocycles. The van der Waals surface area contributed by atoms with E-state index in [1.807, 2.05) is 0 Å². The molecule has 5 heteroatoms. The predicted octanol–water partition coefficient (Wildman–Crippen LogP) is 1.35. The summed E-state index contributed by atoms with van der Waals surface area (Å²) in [5.74, 6) is -5.44. The lowest BCUT2D eigenvalue weighted by Crippen LogP contribution is -2.42. The molecule has 1 N–H and O–H groups in total. The summed E-state index contributed by atoms with van der Waals surface area (Å²) in [5.41, 5.74) is 0. The first-order chi connectivity index (χ1) is 5.96. The maximum atomic E-state index is 12.9. The SMILES string of the molecule is CCCC(O)C(F)(F)C(=O)OCC. The largest absolute Gasteiger partial charge is 0.461 e. The van der Waals surface area contributed by atoms with Crippen LogP contribution >= 0.6 is 0 Å². The third-order valence-corrected chi connectivity index (χ3v) is 1.53. The Morgan fingerprint density at radius 3 is 2.46 bits per heavy atom. The first kappa shape index (κ1) is 12.3. The molecule has 0 aliphatic heterocycles. The molecule has 0 aromatic carbocycles. The summed E-state index contributed by atoms with van der Waals surface area (Å²) in [5, 5.41) is 8.92. The molecule has 0 amide bonds. The Balaban J connectivity index is 4.26. The number of esters is 1. The van der Waals surface area contributed by atoms with Gasteiger partial charge in [0.1, 0.15) is 6.10 Å². The first-order valence-electron chi connectivity index (χ1n) is 4.19. The maximum Gasteiger partial charge on any atom is 0.379 e. The molecule has 0 aliphatic rings. The van der Waals surface area contributed by atoms with Gasteiger partial charge in [-0.2, -0.15) is 8.78 Å². The van der Waals surface area contributed by atoms with Gasteiger partial charge in [-0.05, 0) is 13.3 Å². The highest BCUT2D eigenvalue weighted by atomic mass is 19.3. The van der Waals surface area contributed by atoms with Crippen LogP contribution in [0.25, 0.3) is 0 Å². The van der Waals surface area contributed by atoms with E-state index >= 15 is 0 Å². The third kappa shape index (κ3) is 3.26. The van der Waals surface area contributed by atoms with Crippen LogP contribution in [0.3, 0.4) is 0 Å². The van der Waals surface area contributed by atoms with Crippen LogP contribution in [0.5, 0.6) is 0 Å². The second-order valence-corrected chi connectivity index (χ2v) is 2.65. The Morgan fingerprint density at radius 2 is 2.08 bits per heavy atom. The molecule has 0 rings (SSSR count). The summed E-state index contributed by atoms with van der Waals surface area (Å²) in [6.07, 6.45) is -1.68. The molecule has 0 bridgehead atoms. The number of hydrogen-bond acceptors (Lipinski definition) is 3. The number of aliphatic hydroxyl groups is 1. The van der Waals surface area contributed by atoms with Crippen molar-refractivity contribution in [3.05, 3.63) is 0 Å². The van der Waals surface area contributed by atoms with E-state index in [-0.39, 0.29) is 13.0 Å². The van der Waals surface area contributed by atoms with Crippen molar-refractivity contribution in [3.8, 4) is 0 Å². The smallest absolute Gasteiger partial charge is 0.379 e. The number of ether oxygens (including phenoxy) is 1. The van der Waals surface area contributed by atoms with Gasteiger partial charge >= 0.3 is 11.9 Å². The fourth-order valence-corrected chi connectivity index (χ4v) is 0.818. The number of rotatable bonds is 5. The number of carbonyl (C=O) groups is 1. The van der Waals surface area contributed by atoms with Crippen LogP contribution < -0.4 is 0 Å². The van der Waals surface area contributed by atoms with Crippen LogP contribution in [0.2, 0.25) is 0 Å². The zero-order valence-corrected chi connectivity index (χ0v) is 7.72. The summed E-state index contributed by atoms with van der Waals surface area (Å²) in [6.45, 7) is 2.96. The molecule has 0 radical (unpaired) electrons. The lowest BCUT2D eigenvalue weighted by Gasteiger charge is -2.19. The topological polar surface area (TPSA) is 46.5 Å². The predicted molar refractivity (Wildman–Crippen MR) is 42.5 cm³/mol. The van der Waals surface area contributed by atoms with Gasteiger partial charge in [0.25, 0.3) is 0 Å². The van der Waals surface area contributed by atoms with Crippen LogP contribution in [-0.4, -0.2) is 29.7 Å². The van der Waals surface area contributed by atoms with Crippen LogP contribution in [0.4, 0.5) is 8.78 Å². The third-order valence-electron chi connectivity index (χ3n) is 1.53. The molecule has 1 atom stereocenters. The Bertz CT molecular complexity index is 171. The van der Waals surface area contributed by atoms with E-state index in [1.54, 1.807) is 6.92 Å². The Kier molecular flexibility index (Phi) is 4.83. The van der Waals surface area contributed by atoms with E-state index < -0.39 is 18.0 Å². The molecule has 1 unspecified atom stereocenters. The highest BCUT2D eigenvalue weighted by molar-refractivity contribution is 5.78. The Morgan fingerprint density at radius 1 is 1.54 bits per heavy atom. The molecule has 0 saturated heterocycles. The molecule has 0 heterocycles. The van der Waals surface area contributed by atoms with Gasteiger partial charge in [-0.15, -0.1) is 0 Å². The highest BCUT2D eigenvalue weighted by Gasteiger charge is 2.47. The molecule has 0 aliphatic carbocycles. The van der Waals surface area contributed by atoms with Gasteiger partial charge < -0.3 is 9.84 Å². The lowest BCUT2D eigenvalue weighted by molar-refractivity contribution is -0.188. The highest BCUT2D eigenvalue weighted by Crippen LogP contribution is 2.23. The van der Waals surface area contributed by atoms with Crippen molar-refractivity contribution >= 4 is 5.97 Å². The second kappa shape index (κ2) is 5.11. The molecule has 0 spiro atoms. The van der Waals surface area contributed by atoms with Crippen molar-refractivity contribution in [3.63, 3.8) is 0 Å². The van der Waals surface area contributed by atoms with E-state index in [9.17, 15) is 13.6 Å². The monoisotopic (exact) mass is 196 g/mol. The normalized spacial score (nSPS) is 13.9. The van der Waals surface area contributed by atoms with Gasteiger partial charge in [0, 0.05) is 0 Å². The maximum absolute atomic E-state index is 12.9. The van der Waals surface area contributed by atoms with Crippen LogP contribution in [0.15, 0.2) is 0 Å². The fourth-order valence-electron chi connectivity index (χ4n) is 0.818. The second-order valence-electron chi connectivity index (χ2n) is 2.65. The summed E-state index contributed by atoms with van der Waals surface area (Å²) >= 11 is 0. The minimum Gasteiger partial charge on any atom is -0.461 e. The summed E-state index contributed by atoms with van der Waals surface area (Å²) in [7, 11) is 0. The molecular weight excluding hydrogens is 182 g/mol. The minimum atomic E-state index is -3.79. The fraction of sp³-hybridized carbons (Fsp3) is 0.875. The number of hydrogen-bond donors (Lipinski definition) is 1. The molecule has 13 heavy (non-hydrogen) atoms. The van der Waals surface area contributed by atoms with E-state index in [1.165, 1.54) is 6.92 Å². The molecule has 0 aromatic heterocycles. The lowest BCUT2D eigenvalue weighted by atomic mass is 10.1. The summed E-state index contributed by atoms with van der Waals surface area (Å²) in [4.78, 5) is 10.6. The Hall–Kier alpha value is -0.710. The molecule has 0 aromatic rings. The van der Waals surface area contributed by atoms with Gasteiger partial charge in [0.15, 0.2) is 0 Å². The molecule has 3 nitrogen and oxygen atoms in total. The standard InChI is InChI=1S/C8H14F2O3/c1-3-5-6(11)8(9,10)7(12)13-4-2/h6,11H,3-5H2,1-2H3. The van der Waals surface area contributed by atoms with Crippen molar-refractivity contribution in [2.24, 2.45) is 0 Å². The van der Waals surface area contributed by atoms with E-state index in [0.717, 1.165) is 0 Å². The Labute approximate surface area is 75.7 Å². The average molecular weight is 196 g/mol. The van der Waals surface area contributed by atoms with Crippen molar-refractivity contribution in [1.82, 2.24) is 0 Å². The molecule has 78 valence electrons. The summed E-state index contributed by atoms with van der Waals surface area (Å²) < 4.78 is 29.8. The van der Waals surface area contributed by atoms with E-state index in [4.69, 9.17) is 5.11 Å². The summed E-state index contributed by atoms with van der Waals surface area (Å²) in [6, 6.07) is 0. The molecular formula is C8H14F2O3. The van der Waals surface area contributed by atoms with Crippen molar-refractivity contribution in [2.75, 3.05) is 6.61 Å². The average Bonchev–Trinajstić information content (AvgIpc) is 2.05. The minimum absolute atomic E-state index is 0.118. The first-order valence-corrected chi connectivity index (χ1v) is 4.19. The number of alkyl halides is 2. The zero-order valence-electron chi connectivity index (χ0n) is 7.72. The van der Waals surface area contributed by atoms with Crippen molar-refractivity contribution in [1.29, 1.82) is 0 Å². The van der Waals surface area contributed by atoms with Crippen LogP contribution in [-0.2, 0) is 9.53 Å². The van der Waals surface area contributed by atoms with Gasteiger partial charge in [0.05, 0.1) is 6.61 Å². The van der Waals surface area contributed by atoms with Gasteiger partial charge in [0.2, 0.25) is 0 Å². The van der Waals surface area contributed by atoms with E-state index in [0.29, 0.717) is 6.42 Å².